The van der Waals surface area contributed by atoms with E-state index in [0.717, 1.165) is 58.0 Å². The number of aromatic nitrogens is 3. The number of carbonyl (C=O) groups excluding carboxylic acids is 1. The minimum atomic E-state index is -0.450. The zero-order valence-electron chi connectivity index (χ0n) is 25.0. The Labute approximate surface area is 250 Å². The molecule has 2 aromatic heterocycles. The molecule has 6 aromatic rings. The lowest BCUT2D eigenvalue weighted by Crippen LogP contribution is -2.40. The van der Waals surface area contributed by atoms with Gasteiger partial charge in [0.25, 0.3) is 5.91 Å². The van der Waals surface area contributed by atoms with Gasteiger partial charge >= 0.3 is 0 Å². The zero-order valence-corrected chi connectivity index (χ0v) is 25.0. The number of para-hydroxylation sites is 1. The molecule has 0 aliphatic heterocycles. The Hall–Kier alpha value is -4.65. The number of imidazole rings is 1. The molecule has 0 saturated heterocycles. The van der Waals surface area contributed by atoms with E-state index in [9.17, 15) is 9.18 Å². The SMILES string of the molecule is CC1(C)CC(Nc2cc(-n3c4ccccc4c4c(-c5nc6ccc(F)cc6[nH]5)cccc43)ccc2C(N)=O)CC(C)(C)C1. The summed E-state index contributed by atoms with van der Waals surface area (Å²) >= 11 is 0. The van der Waals surface area contributed by atoms with Gasteiger partial charge in [-0.1, -0.05) is 58.0 Å². The first kappa shape index (κ1) is 27.2. The molecule has 43 heavy (non-hydrogen) atoms. The predicted octanol–water partition coefficient (Wildman–Crippen LogP) is 8.58. The maximum atomic E-state index is 14.0. The van der Waals surface area contributed by atoms with E-state index in [0.29, 0.717) is 22.4 Å². The van der Waals surface area contributed by atoms with Crippen LogP contribution in [-0.4, -0.2) is 26.5 Å². The van der Waals surface area contributed by atoms with Crippen molar-refractivity contribution in [2.75, 3.05) is 5.32 Å². The van der Waals surface area contributed by atoms with Crippen LogP contribution in [0.4, 0.5) is 10.1 Å². The summed E-state index contributed by atoms with van der Waals surface area (Å²) in [6.07, 6.45) is 3.18. The lowest BCUT2D eigenvalue weighted by atomic mass is 9.63. The highest BCUT2D eigenvalue weighted by atomic mass is 19.1. The third kappa shape index (κ3) is 4.83. The summed E-state index contributed by atoms with van der Waals surface area (Å²) in [5, 5.41) is 5.85. The Morgan fingerprint density at radius 3 is 2.47 bits per heavy atom. The number of nitrogens with zero attached hydrogens (tertiary/aromatic N) is 2. The molecular formula is C36H36FN5O. The molecule has 1 fully saturated rings. The zero-order chi connectivity index (χ0) is 30.1. The molecule has 218 valence electrons. The second-order valence-electron chi connectivity index (χ2n) is 13.6. The Kier molecular flexibility index (Phi) is 6.13. The van der Waals surface area contributed by atoms with Crippen LogP contribution in [0.1, 0.15) is 57.3 Å². The average Bonchev–Trinajstić information content (AvgIpc) is 3.50. The number of nitrogens with one attached hydrogen (secondary N) is 2. The fourth-order valence-corrected chi connectivity index (χ4v) is 7.78. The quantitative estimate of drug-likeness (QED) is 0.193. The first-order chi connectivity index (χ1) is 20.5. The number of carbonyl (C=O) groups is 1. The molecule has 0 bridgehead atoms. The molecule has 0 spiro atoms. The van der Waals surface area contributed by atoms with E-state index in [1.807, 2.05) is 36.4 Å². The first-order valence-corrected chi connectivity index (χ1v) is 14.9. The molecule has 1 saturated carbocycles. The van der Waals surface area contributed by atoms with Crippen LogP contribution in [0.25, 0.3) is 49.9 Å². The normalized spacial score (nSPS) is 16.7. The number of amides is 1. The van der Waals surface area contributed by atoms with Gasteiger partial charge in [-0.05, 0) is 78.6 Å². The average molecular weight is 574 g/mol. The van der Waals surface area contributed by atoms with Gasteiger partial charge in [0.1, 0.15) is 11.6 Å². The standard InChI is InChI=1S/C36H36FN5O/c1-35(2)18-22(19-36(3,4)20-35)39-28-17-23(13-14-24(28)33(38)43)42-30-10-6-5-8-25(30)32-26(9-7-11-31(32)42)34-40-27-15-12-21(37)16-29(27)41-34/h5-17,22,39H,18-20H2,1-4H3,(H2,38,43)(H,40,41). The molecule has 0 unspecified atom stereocenters. The van der Waals surface area contributed by atoms with Gasteiger partial charge in [0.15, 0.2) is 0 Å². The molecule has 6 nitrogen and oxygen atoms in total. The first-order valence-electron chi connectivity index (χ1n) is 14.9. The number of rotatable bonds is 5. The summed E-state index contributed by atoms with van der Waals surface area (Å²) < 4.78 is 16.2. The number of halogens is 1. The highest BCUT2D eigenvalue weighted by molar-refractivity contribution is 6.15. The van der Waals surface area contributed by atoms with E-state index in [-0.39, 0.29) is 22.7 Å². The number of benzene rings is 4. The molecule has 1 aliphatic rings. The third-order valence-electron chi connectivity index (χ3n) is 8.84. The summed E-state index contributed by atoms with van der Waals surface area (Å²) in [5.41, 5.74) is 12.8. The smallest absolute Gasteiger partial charge is 0.250 e. The summed E-state index contributed by atoms with van der Waals surface area (Å²) in [6.45, 7) is 9.29. The predicted molar refractivity (Wildman–Crippen MR) is 173 cm³/mol. The van der Waals surface area contributed by atoms with Crippen molar-refractivity contribution in [2.24, 2.45) is 16.6 Å². The topological polar surface area (TPSA) is 88.7 Å². The van der Waals surface area contributed by atoms with Crippen LogP contribution < -0.4 is 11.1 Å². The summed E-state index contributed by atoms with van der Waals surface area (Å²) in [7, 11) is 0. The molecule has 1 amide bonds. The van der Waals surface area contributed by atoms with Crippen molar-refractivity contribution in [3.8, 4) is 17.1 Å². The number of anilines is 1. The lowest BCUT2D eigenvalue weighted by Gasteiger charge is -2.45. The Bertz CT molecular complexity index is 2030. The van der Waals surface area contributed by atoms with Crippen molar-refractivity contribution in [1.82, 2.24) is 14.5 Å². The van der Waals surface area contributed by atoms with Gasteiger partial charge in [-0.3, -0.25) is 4.79 Å². The largest absolute Gasteiger partial charge is 0.382 e. The van der Waals surface area contributed by atoms with Gasteiger partial charge in [-0.2, -0.15) is 0 Å². The Morgan fingerprint density at radius 2 is 1.70 bits per heavy atom. The minimum absolute atomic E-state index is 0.190. The maximum absolute atomic E-state index is 14.0. The van der Waals surface area contributed by atoms with Crippen molar-refractivity contribution in [2.45, 2.75) is 53.0 Å². The van der Waals surface area contributed by atoms with Crippen molar-refractivity contribution in [3.05, 3.63) is 90.2 Å². The lowest BCUT2D eigenvalue weighted by molar-refractivity contribution is 0.1000. The van der Waals surface area contributed by atoms with E-state index >= 15 is 0 Å². The van der Waals surface area contributed by atoms with E-state index in [1.54, 1.807) is 6.07 Å². The number of H-pyrrole nitrogens is 1. The third-order valence-corrected chi connectivity index (χ3v) is 8.84. The van der Waals surface area contributed by atoms with Crippen molar-refractivity contribution < 1.29 is 9.18 Å². The van der Waals surface area contributed by atoms with Crippen LogP contribution in [0.3, 0.4) is 0 Å². The fourth-order valence-electron chi connectivity index (χ4n) is 7.78. The molecule has 0 radical (unpaired) electrons. The number of hydrogen-bond acceptors (Lipinski definition) is 3. The van der Waals surface area contributed by atoms with Crippen molar-refractivity contribution in [1.29, 1.82) is 0 Å². The molecule has 1 aliphatic carbocycles. The fraction of sp³-hybridized carbons (Fsp3) is 0.278. The van der Waals surface area contributed by atoms with Gasteiger partial charge in [0, 0.05) is 33.8 Å². The second-order valence-corrected chi connectivity index (χ2v) is 13.6. The van der Waals surface area contributed by atoms with Crippen LogP contribution in [-0.2, 0) is 0 Å². The van der Waals surface area contributed by atoms with E-state index < -0.39 is 5.91 Å². The van der Waals surface area contributed by atoms with Crippen LogP contribution in [0.5, 0.6) is 0 Å². The molecular weight excluding hydrogens is 537 g/mol. The highest BCUT2D eigenvalue weighted by Gasteiger charge is 2.38. The molecule has 4 aromatic carbocycles. The van der Waals surface area contributed by atoms with Crippen LogP contribution >= 0.6 is 0 Å². The molecule has 7 rings (SSSR count). The van der Waals surface area contributed by atoms with Gasteiger partial charge in [-0.25, -0.2) is 9.37 Å². The van der Waals surface area contributed by atoms with E-state index in [4.69, 9.17) is 10.7 Å². The molecule has 0 atom stereocenters. The van der Waals surface area contributed by atoms with Crippen LogP contribution in [0, 0.1) is 16.6 Å². The Morgan fingerprint density at radius 1 is 0.953 bits per heavy atom. The summed E-state index contributed by atoms with van der Waals surface area (Å²) in [5.74, 6) is -0.0704. The number of nitrogens with two attached hydrogens (primary N) is 1. The maximum Gasteiger partial charge on any atom is 0.250 e. The minimum Gasteiger partial charge on any atom is -0.382 e. The van der Waals surface area contributed by atoms with E-state index in [1.165, 1.54) is 12.1 Å². The second kappa shape index (κ2) is 9.69. The van der Waals surface area contributed by atoms with Crippen LogP contribution in [0.2, 0.25) is 0 Å². The Balaban J connectivity index is 1.40. The van der Waals surface area contributed by atoms with Gasteiger partial charge in [-0.15, -0.1) is 0 Å². The molecule has 4 N–H and O–H groups in total. The van der Waals surface area contributed by atoms with Crippen molar-refractivity contribution in [3.63, 3.8) is 0 Å². The molecule has 7 heteroatoms. The number of hydrogen-bond donors (Lipinski definition) is 3. The van der Waals surface area contributed by atoms with Gasteiger partial charge in [0.05, 0.1) is 27.6 Å². The van der Waals surface area contributed by atoms with Gasteiger partial charge in [0.2, 0.25) is 0 Å². The highest BCUT2D eigenvalue weighted by Crippen LogP contribution is 2.47. The van der Waals surface area contributed by atoms with Gasteiger partial charge < -0.3 is 20.6 Å². The monoisotopic (exact) mass is 573 g/mol. The van der Waals surface area contributed by atoms with Crippen LogP contribution in [0.15, 0.2) is 78.9 Å². The van der Waals surface area contributed by atoms with E-state index in [2.05, 4.69) is 66.8 Å². The number of primary amides is 1. The summed E-state index contributed by atoms with van der Waals surface area (Å²) in [4.78, 5) is 20.7. The number of aromatic amines is 1. The van der Waals surface area contributed by atoms with Crippen molar-refractivity contribution >= 4 is 44.4 Å². The molecule has 2 heterocycles. The summed E-state index contributed by atoms with van der Waals surface area (Å²) in [6, 6.07) is 25.1. The number of fused-ring (bicyclic) bond motifs is 4.